The summed E-state index contributed by atoms with van der Waals surface area (Å²) < 4.78 is 5.45. The summed E-state index contributed by atoms with van der Waals surface area (Å²) in [6, 6.07) is 7.23. The van der Waals surface area contributed by atoms with Gasteiger partial charge in [0.25, 0.3) is 0 Å². The molecule has 0 aromatic heterocycles. The lowest BCUT2D eigenvalue weighted by molar-refractivity contribution is -0.385. The second-order valence-corrected chi connectivity index (χ2v) is 4.99. The number of hydrogen-bond acceptors (Lipinski definition) is 5. The van der Waals surface area contributed by atoms with E-state index in [0.717, 1.165) is 18.4 Å². The fourth-order valence-corrected chi connectivity index (χ4v) is 1.90. The molecule has 1 N–H and O–H groups in total. The maximum Gasteiger partial charge on any atom is 0.311 e. The van der Waals surface area contributed by atoms with Crippen molar-refractivity contribution in [3.63, 3.8) is 0 Å². The third-order valence-electron chi connectivity index (χ3n) is 3.15. The number of benzene rings is 1. The van der Waals surface area contributed by atoms with Crippen molar-refractivity contribution in [2.45, 2.75) is 38.3 Å². The quantitative estimate of drug-likeness (QED) is 0.609. The Balaban J connectivity index is 1.89. The number of nitrogens with one attached hydrogen (secondary N) is 1. The molecule has 1 aromatic rings. The Morgan fingerprint density at radius 3 is 2.95 bits per heavy atom. The molecule has 1 atom stereocenters. The first kappa shape index (κ1) is 14.3. The molecule has 1 aromatic carbocycles. The van der Waals surface area contributed by atoms with Crippen molar-refractivity contribution in [3.05, 3.63) is 33.9 Å². The molecule has 0 amide bonds. The van der Waals surface area contributed by atoms with E-state index in [4.69, 9.17) is 10.00 Å². The third kappa shape index (κ3) is 3.93. The van der Waals surface area contributed by atoms with Gasteiger partial charge in [0.2, 0.25) is 0 Å². The topological polar surface area (TPSA) is 88.2 Å². The highest BCUT2D eigenvalue weighted by molar-refractivity contribution is 5.48. The summed E-state index contributed by atoms with van der Waals surface area (Å²) in [5.74, 6) is 0.253. The molecule has 0 bridgehead atoms. The fraction of sp³-hybridized carbons (Fsp3) is 0.500. The number of nitriles is 1. The molecule has 106 valence electrons. The van der Waals surface area contributed by atoms with Gasteiger partial charge in [-0.05, 0) is 31.4 Å². The zero-order valence-electron chi connectivity index (χ0n) is 11.3. The Kier molecular flexibility index (Phi) is 4.53. The molecule has 0 saturated heterocycles. The predicted octanol–water partition coefficient (Wildman–Crippen LogP) is 2.32. The minimum absolute atomic E-state index is 0.0336. The van der Waals surface area contributed by atoms with Gasteiger partial charge in [0.15, 0.2) is 5.75 Å². The van der Waals surface area contributed by atoms with Gasteiger partial charge >= 0.3 is 5.69 Å². The SMILES string of the molecule is Cc1ccc(OCCC(C#N)NC2CC2)c([N+](=O)[O-])c1. The Bertz CT molecular complexity index is 535. The molecule has 6 heteroatoms. The molecule has 1 aliphatic carbocycles. The molecule has 1 unspecified atom stereocenters. The van der Waals surface area contributed by atoms with Crippen LogP contribution in [0.5, 0.6) is 5.75 Å². The Hall–Kier alpha value is -2.13. The molecule has 20 heavy (non-hydrogen) atoms. The predicted molar refractivity (Wildman–Crippen MR) is 73.5 cm³/mol. The van der Waals surface area contributed by atoms with Crippen LogP contribution >= 0.6 is 0 Å². The minimum Gasteiger partial charge on any atom is -0.487 e. The van der Waals surface area contributed by atoms with Gasteiger partial charge in [-0.25, -0.2) is 0 Å². The number of nitro benzene ring substituents is 1. The number of aryl methyl sites for hydroxylation is 1. The van der Waals surface area contributed by atoms with E-state index in [9.17, 15) is 10.1 Å². The second kappa shape index (κ2) is 6.35. The Morgan fingerprint density at radius 2 is 2.35 bits per heavy atom. The van der Waals surface area contributed by atoms with Crippen LogP contribution in [0.2, 0.25) is 0 Å². The normalized spacial score (nSPS) is 15.4. The van der Waals surface area contributed by atoms with Crippen LogP contribution in [0, 0.1) is 28.4 Å². The summed E-state index contributed by atoms with van der Waals surface area (Å²) in [7, 11) is 0. The lowest BCUT2D eigenvalue weighted by atomic mass is 10.2. The van der Waals surface area contributed by atoms with Crippen LogP contribution in [0.4, 0.5) is 5.69 Å². The standard InChI is InChI=1S/C14H17N3O3/c1-10-2-5-14(13(8-10)17(18)19)20-7-6-12(9-15)16-11-3-4-11/h2,5,8,11-12,16H,3-4,6-7H2,1H3. The molecule has 0 spiro atoms. The van der Waals surface area contributed by atoms with Crippen molar-refractivity contribution in [1.29, 1.82) is 5.26 Å². The number of hydrogen-bond donors (Lipinski definition) is 1. The van der Waals surface area contributed by atoms with Gasteiger partial charge in [0.1, 0.15) is 0 Å². The van der Waals surface area contributed by atoms with Crippen molar-refractivity contribution in [3.8, 4) is 11.8 Å². The number of nitrogens with zero attached hydrogens (tertiary/aromatic N) is 2. The van der Waals surface area contributed by atoms with E-state index in [-0.39, 0.29) is 24.1 Å². The lowest BCUT2D eigenvalue weighted by Crippen LogP contribution is -2.31. The summed E-state index contributed by atoms with van der Waals surface area (Å²) in [6.45, 7) is 2.07. The van der Waals surface area contributed by atoms with E-state index < -0.39 is 4.92 Å². The van der Waals surface area contributed by atoms with Crippen molar-refractivity contribution < 1.29 is 9.66 Å². The number of nitro groups is 1. The van der Waals surface area contributed by atoms with Gasteiger partial charge < -0.3 is 4.74 Å². The second-order valence-electron chi connectivity index (χ2n) is 4.99. The van der Waals surface area contributed by atoms with Gasteiger partial charge in [-0.2, -0.15) is 5.26 Å². The van der Waals surface area contributed by atoms with Gasteiger partial charge in [-0.1, -0.05) is 6.07 Å². The van der Waals surface area contributed by atoms with Crippen molar-refractivity contribution in [2.24, 2.45) is 0 Å². The maximum absolute atomic E-state index is 10.9. The Labute approximate surface area is 117 Å². The first-order valence-corrected chi connectivity index (χ1v) is 6.63. The third-order valence-corrected chi connectivity index (χ3v) is 3.15. The van der Waals surface area contributed by atoms with Crippen LogP contribution in [-0.4, -0.2) is 23.6 Å². The van der Waals surface area contributed by atoms with E-state index in [1.165, 1.54) is 6.07 Å². The molecule has 1 saturated carbocycles. The highest BCUT2D eigenvalue weighted by atomic mass is 16.6. The van der Waals surface area contributed by atoms with E-state index in [2.05, 4.69) is 11.4 Å². The first-order valence-electron chi connectivity index (χ1n) is 6.63. The molecule has 6 nitrogen and oxygen atoms in total. The molecule has 2 rings (SSSR count). The van der Waals surface area contributed by atoms with E-state index in [1.807, 2.05) is 0 Å². The molecule has 1 fully saturated rings. The first-order chi connectivity index (χ1) is 9.60. The average Bonchev–Trinajstić information content (AvgIpc) is 3.23. The molecular formula is C14H17N3O3. The zero-order valence-corrected chi connectivity index (χ0v) is 11.3. The summed E-state index contributed by atoms with van der Waals surface area (Å²) >= 11 is 0. The van der Waals surface area contributed by atoms with Crippen LogP contribution < -0.4 is 10.1 Å². The van der Waals surface area contributed by atoms with Crippen LogP contribution in [0.25, 0.3) is 0 Å². The molecule has 1 aliphatic rings. The van der Waals surface area contributed by atoms with Crippen molar-refractivity contribution in [2.75, 3.05) is 6.61 Å². The van der Waals surface area contributed by atoms with Crippen molar-refractivity contribution >= 4 is 5.69 Å². The van der Waals surface area contributed by atoms with Gasteiger partial charge in [-0.15, -0.1) is 0 Å². The van der Waals surface area contributed by atoms with Crippen LogP contribution in [-0.2, 0) is 0 Å². The molecule has 0 aliphatic heterocycles. The highest BCUT2D eigenvalue weighted by Crippen LogP contribution is 2.28. The summed E-state index contributed by atoms with van der Waals surface area (Å²) in [5.41, 5.74) is 0.781. The fourth-order valence-electron chi connectivity index (χ4n) is 1.90. The highest BCUT2D eigenvalue weighted by Gasteiger charge is 2.24. The minimum atomic E-state index is -0.452. The number of rotatable bonds is 7. The monoisotopic (exact) mass is 275 g/mol. The average molecular weight is 275 g/mol. The van der Waals surface area contributed by atoms with Crippen LogP contribution in [0.3, 0.4) is 0 Å². The Morgan fingerprint density at radius 1 is 1.60 bits per heavy atom. The van der Waals surface area contributed by atoms with E-state index >= 15 is 0 Å². The van der Waals surface area contributed by atoms with Gasteiger partial charge in [0.05, 0.1) is 23.6 Å². The molecular weight excluding hydrogens is 258 g/mol. The van der Waals surface area contributed by atoms with Crippen LogP contribution in [0.15, 0.2) is 18.2 Å². The summed E-state index contributed by atoms with van der Waals surface area (Å²) in [4.78, 5) is 10.5. The van der Waals surface area contributed by atoms with Gasteiger partial charge in [0, 0.05) is 18.5 Å². The van der Waals surface area contributed by atoms with Crippen LogP contribution in [0.1, 0.15) is 24.8 Å². The largest absolute Gasteiger partial charge is 0.487 e. The lowest BCUT2D eigenvalue weighted by Gasteiger charge is -2.11. The van der Waals surface area contributed by atoms with E-state index in [1.54, 1.807) is 19.1 Å². The number of ether oxygens (including phenoxy) is 1. The molecule has 0 radical (unpaired) electrons. The maximum atomic E-state index is 10.9. The van der Waals surface area contributed by atoms with E-state index in [0.29, 0.717) is 12.5 Å². The summed E-state index contributed by atoms with van der Waals surface area (Å²) in [5, 5.41) is 23.1. The molecule has 0 heterocycles. The van der Waals surface area contributed by atoms with Gasteiger partial charge in [-0.3, -0.25) is 15.4 Å². The zero-order chi connectivity index (χ0) is 14.5. The van der Waals surface area contributed by atoms with Crippen molar-refractivity contribution in [1.82, 2.24) is 5.32 Å². The smallest absolute Gasteiger partial charge is 0.311 e. The summed E-state index contributed by atoms with van der Waals surface area (Å²) in [6.07, 6.45) is 2.74.